The summed E-state index contributed by atoms with van der Waals surface area (Å²) in [5.41, 5.74) is 5.76. The second kappa shape index (κ2) is 4.65. The van der Waals surface area contributed by atoms with Crippen molar-refractivity contribution in [1.82, 2.24) is 9.97 Å². The van der Waals surface area contributed by atoms with E-state index in [4.69, 9.17) is 5.73 Å². The van der Waals surface area contributed by atoms with Crippen LogP contribution in [0.1, 0.15) is 12.8 Å². The molecule has 0 aliphatic carbocycles. The van der Waals surface area contributed by atoms with Gasteiger partial charge in [-0.1, -0.05) is 0 Å². The molecule has 1 fully saturated rings. The van der Waals surface area contributed by atoms with Gasteiger partial charge in [0.2, 0.25) is 0 Å². The minimum absolute atomic E-state index is 0.435. The van der Waals surface area contributed by atoms with E-state index >= 15 is 0 Å². The van der Waals surface area contributed by atoms with Gasteiger partial charge in [0.1, 0.15) is 18.0 Å². The lowest BCUT2D eigenvalue weighted by Gasteiger charge is -2.25. The number of rotatable bonds is 3. The summed E-state index contributed by atoms with van der Waals surface area (Å²) in [6.07, 6.45) is 3.98. The van der Waals surface area contributed by atoms with Crippen molar-refractivity contribution < 1.29 is 0 Å². The van der Waals surface area contributed by atoms with Gasteiger partial charge in [0.05, 0.1) is 0 Å². The summed E-state index contributed by atoms with van der Waals surface area (Å²) >= 11 is 0. The van der Waals surface area contributed by atoms with Gasteiger partial charge < -0.3 is 15.5 Å². The molecular weight excluding hydrogens is 202 g/mol. The number of hydrogen-bond acceptors (Lipinski definition) is 5. The maximum absolute atomic E-state index is 5.76. The Labute approximate surface area is 96.3 Å². The Hall–Kier alpha value is -1.36. The normalized spacial score (nSPS) is 20.2. The molecule has 0 amide bonds. The number of aromatic nitrogens is 2. The fourth-order valence-electron chi connectivity index (χ4n) is 2.12. The van der Waals surface area contributed by atoms with Crippen molar-refractivity contribution in [1.29, 1.82) is 0 Å². The fourth-order valence-corrected chi connectivity index (χ4v) is 2.12. The first-order valence-electron chi connectivity index (χ1n) is 5.68. The van der Waals surface area contributed by atoms with Crippen LogP contribution in [0, 0.1) is 0 Å². The topological polar surface area (TPSA) is 58.3 Å². The highest BCUT2D eigenvalue weighted by molar-refractivity contribution is 5.50. The van der Waals surface area contributed by atoms with Gasteiger partial charge in [0, 0.05) is 39.3 Å². The first-order chi connectivity index (χ1) is 7.72. The Morgan fingerprint density at radius 1 is 1.50 bits per heavy atom. The molecule has 0 saturated carbocycles. The minimum Gasteiger partial charge on any atom is -0.363 e. The molecule has 5 heteroatoms. The standard InChI is InChI=1S/C11H19N5/c1-15(2)10-6-11(14-8-13-10)16-5-3-4-9(16)7-12/h6,8-9H,3-5,7,12H2,1-2H3. The molecule has 1 aliphatic rings. The molecule has 16 heavy (non-hydrogen) atoms. The van der Waals surface area contributed by atoms with Crippen molar-refractivity contribution in [3.05, 3.63) is 12.4 Å². The van der Waals surface area contributed by atoms with Gasteiger partial charge in [-0.15, -0.1) is 0 Å². The maximum Gasteiger partial charge on any atom is 0.134 e. The van der Waals surface area contributed by atoms with Gasteiger partial charge in [-0.05, 0) is 12.8 Å². The average Bonchev–Trinajstić information content (AvgIpc) is 2.77. The van der Waals surface area contributed by atoms with Crippen LogP contribution in [0.4, 0.5) is 11.6 Å². The molecule has 0 bridgehead atoms. The van der Waals surface area contributed by atoms with Gasteiger partial charge in [0.15, 0.2) is 0 Å². The quantitative estimate of drug-likeness (QED) is 0.804. The summed E-state index contributed by atoms with van der Waals surface area (Å²) in [6.45, 7) is 1.74. The van der Waals surface area contributed by atoms with Crippen LogP contribution in [0.2, 0.25) is 0 Å². The monoisotopic (exact) mass is 221 g/mol. The predicted molar refractivity (Wildman–Crippen MR) is 65.8 cm³/mol. The van der Waals surface area contributed by atoms with Crippen molar-refractivity contribution >= 4 is 11.6 Å². The van der Waals surface area contributed by atoms with E-state index in [9.17, 15) is 0 Å². The molecule has 1 atom stereocenters. The molecule has 0 aromatic carbocycles. The molecule has 0 spiro atoms. The van der Waals surface area contributed by atoms with Crippen molar-refractivity contribution in [2.75, 3.05) is 37.0 Å². The second-order valence-electron chi connectivity index (χ2n) is 4.35. The summed E-state index contributed by atoms with van der Waals surface area (Å²) in [7, 11) is 3.97. The lowest BCUT2D eigenvalue weighted by Crippen LogP contribution is -2.36. The third-order valence-electron chi connectivity index (χ3n) is 3.04. The highest BCUT2D eigenvalue weighted by Crippen LogP contribution is 2.24. The van der Waals surface area contributed by atoms with Crippen molar-refractivity contribution in [2.24, 2.45) is 5.73 Å². The van der Waals surface area contributed by atoms with Crippen LogP contribution in [-0.4, -0.2) is 43.2 Å². The molecule has 88 valence electrons. The Morgan fingerprint density at radius 2 is 2.31 bits per heavy atom. The van der Waals surface area contributed by atoms with Crippen LogP contribution in [0.25, 0.3) is 0 Å². The zero-order chi connectivity index (χ0) is 11.5. The molecule has 2 rings (SSSR count). The van der Waals surface area contributed by atoms with Gasteiger partial charge >= 0.3 is 0 Å². The molecule has 1 aliphatic heterocycles. The fraction of sp³-hybridized carbons (Fsp3) is 0.636. The zero-order valence-electron chi connectivity index (χ0n) is 9.93. The smallest absolute Gasteiger partial charge is 0.134 e. The lowest BCUT2D eigenvalue weighted by atomic mass is 10.2. The van der Waals surface area contributed by atoms with Crippen LogP contribution in [0.15, 0.2) is 12.4 Å². The maximum atomic E-state index is 5.76. The first-order valence-corrected chi connectivity index (χ1v) is 5.68. The first kappa shape index (κ1) is 11.1. The summed E-state index contributed by atoms with van der Waals surface area (Å²) in [5, 5.41) is 0. The van der Waals surface area contributed by atoms with Gasteiger partial charge in [0.25, 0.3) is 0 Å². The van der Waals surface area contributed by atoms with Crippen molar-refractivity contribution in [3.63, 3.8) is 0 Å². The minimum atomic E-state index is 0.435. The molecule has 1 saturated heterocycles. The molecule has 1 unspecified atom stereocenters. The summed E-state index contributed by atoms with van der Waals surface area (Å²) in [5.74, 6) is 1.93. The van der Waals surface area contributed by atoms with E-state index in [1.54, 1.807) is 6.33 Å². The highest BCUT2D eigenvalue weighted by Gasteiger charge is 2.24. The molecule has 1 aromatic rings. The molecule has 1 aromatic heterocycles. The summed E-state index contributed by atoms with van der Waals surface area (Å²) in [6, 6.07) is 2.46. The highest BCUT2D eigenvalue weighted by atomic mass is 15.3. The van der Waals surface area contributed by atoms with E-state index in [-0.39, 0.29) is 0 Å². The number of nitrogens with two attached hydrogens (primary N) is 1. The van der Waals surface area contributed by atoms with Crippen LogP contribution in [0.5, 0.6) is 0 Å². The average molecular weight is 221 g/mol. The lowest BCUT2D eigenvalue weighted by molar-refractivity contribution is 0.670. The van der Waals surface area contributed by atoms with E-state index < -0.39 is 0 Å². The van der Waals surface area contributed by atoms with E-state index in [1.807, 2.05) is 25.1 Å². The molecule has 2 N–H and O–H groups in total. The molecular formula is C11H19N5. The zero-order valence-corrected chi connectivity index (χ0v) is 9.93. The van der Waals surface area contributed by atoms with E-state index in [1.165, 1.54) is 6.42 Å². The van der Waals surface area contributed by atoms with E-state index in [0.29, 0.717) is 12.6 Å². The van der Waals surface area contributed by atoms with Crippen LogP contribution >= 0.6 is 0 Å². The third-order valence-corrected chi connectivity index (χ3v) is 3.04. The van der Waals surface area contributed by atoms with Crippen LogP contribution in [0.3, 0.4) is 0 Å². The van der Waals surface area contributed by atoms with Crippen molar-refractivity contribution in [3.8, 4) is 0 Å². The Morgan fingerprint density at radius 3 is 3.00 bits per heavy atom. The predicted octanol–water partition coefficient (Wildman–Crippen LogP) is 0.470. The van der Waals surface area contributed by atoms with Crippen LogP contribution in [-0.2, 0) is 0 Å². The number of hydrogen-bond donors (Lipinski definition) is 1. The van der Waals surface area contributed by atoms with Crippen LogP contribution < -0.4 is 15.5 Å². The largest absolute Gasteiger partial charge is 0.363 e. The Kier molecular flexibility index (Phi) is 3.24. The summed E-state index contributed by atoms with van der Waals surface area (Å²) < 4.78 is 0. The van der Waals surface area contributed by atoms with E-state index in [0.717, 1.165) is 24.6 Å². The second-order valence-corrected chi connectivity index (χ2v) is 4.35. The SMILES string of the molecule is CN(C)c1cc(N2CCCC2CN)ncn1. The number of anilines is 2. The molecule has 2 heterocycles. The number of nitrogens with zero attached hydrogens (tertiary/aromatic N) is 4. The van der Waals surface area contributed by atoms with Gasteiger partial charge in [-0.2, -0.15) is 0 Å². The van der Waals surface area contributed by atoms with Gasteiger partial charge in [-0.25, -0.2) is 9.97 Å². The van der Waals surface area contributed by atoms with Gasteiger partial charge in [-0.3, -0.25) is 0 Å². The third kappa shape index (κ3) is 2.09. The molecule has 5 nitrogen and oxygen atoms in total. The molecule has 0 radical (unpaired) electrons. The Balaban J connectivity index is 2.22. The van der Waals surface area contributed by atoms with Crippen molar-refractivity contribution in [2.45, 2.75) is 18.9 Å². The Bertz CT molecular complexity index is 352. The van der Waals surface area contributed by atoms with E-state index in [2.05, 4.69) is 14.9 Å². The summed E-state index contributed by atoms with van der Waals surface area (Å²) in [4.78, 5) is 12.8.